The summed E-state index contributed by atoms with van der Waals surface area (Å²) >= 11 is 0. The Hall–Kier alpha value is -4.33. The lowest BCUT2D eigenvalue weighted by Gasteiger charge is -2.14. The Bertz CT molecular complexity index is 1330. The van der Waals surface area contributed by atoms with Crippen molar-refractivity contribution in [3.8, 4) is 5.75 Å². The third kappa shape index (κ3) is 5.78. The fourth-order valence-electron chi connectivity index (χ4n) is 3.80. The molecule has 180 valence electrons. The number of furan rings is 1. The largest absolute Gasteiger partial charge is 0.493 e. The minimum Gasteiger partial charge on any atom is -0.493 e. The van der Waals surface area contributed by atoms with E-state index in [-0.39, 0.29) is 12.2 Å². The minimum atomic E-state index is -1.12. The maximum Gasteiger partial charge on any atom is 0.326 e. The molecule has 0 aliphatic carbocycles. The highest BCUT2D eigenvalue weighted by Crippen LogP contribution is 2.25. The van der Waals surface area contributed by atoms with Crippen LogP contribution in [0.5, 0.6) is 5.75 Å². The Balaban J connectivity index is 1.35. The van der Waals surface area contributed by atoms with Crippen LogP contribution in [0.3, 0.4) is 0 Å². The third-order valence-electron chi connectivity index (χ3n) is 5.71. The molecule has 0 saturated carbocycles. The molecule has 0 bridgehead atoms. The van der Waals surface area contributed by atoms with E-state index in [9.17, 15) is 14.7 Å². The summed E-state index contributed by atoms with van der Waals surface area (Å²) in [5, 5.41) is 16.1. The topological polar surface area (TPSA) is 114 Å². The molecule has 0 unspecified atom stereocenters. The SMILES string of the molecule is CNc1cccc(CCOc2ccc(C[C@H](NC(=O)c3oc4ccccc4c3C)C(=O)O)cc2)n1. The van der Waals surface area contributed by atoms with Crippen molar-refractivity contribution in [3.05, 3.63) is 89.3 Å². The predicted molar refractivity (Wildman–Crippen MR) is 133 cm³/mol. The molecule has 3 N–H and O–H groups in total. The van der Waals surface area contributed by atoms with E-state index in [0.29, 0.717) is 29.9 Å². The van der Waals surface area contributed by atoms with E-state index in [1.807, 2.05) is 43.4 Å². The first-order chi connectivity index (χ1) is 16.9. The number of amides is 1. The first kappa shape index (κ1) is 23.8. The molecule has 2 aromatic heterocycles. The smallest absolute Gasteiger partial charge is 0.326 e. The Morgan fingerprint density at radius 3 is 2.54 bits per heavy atom. The van der Waals surface area contributed by atoms with Crippen LogP contribution in [0.2, 0.25) is 0 Å². The number of carboxylic acid groups (broad SMARTS) is 1. The zero-order valence-electron chi connectivity index (χ0n) is 19.6. The second-order valence-electron chi connectivity index (χ2n) is 8.13. The fraction of sp³-hybridized carbons (Fsp3) is 0.222. The quantitative estimate of drug-likeness (QED) is 0.316. The summed E-state index contributed by atoms with van der Waals surface area (Å²) in [6.45, 7) is 2.24. The summed E-state index contributed by atoms with van der Waals surface area (Å²) in [7, 11) is 1.82. The molecule has 0 fully saturated rings. The van der Waals surface area contributed by atoms with Crippen molar-refractivity contribution in [2.45, 2.75) is 25.8 Å². The lowest BCUT2D eigenvalue weighted by atomic mass is 10.1. The average molecular weight is 474 g/mol. The molecule has 1 amide bonds. The Kier molecular flexibility index (Phi) is 7.30. The number of benzene rings is 2. The molecule has 8 heteroatoms. The van der Waals surface area contributed by atoms with Crippen molar-refractivity contribution in [1.29, 1.82) is 0 Å². The average Bonchev–Trinajstić information content (AvgIpc) is 3.21. The van der Waals surface area contributed by atoms with Gasteiger partial charge in [0.2, 0.25) is 0 Å². The number of hydrogen-bond donors (Lipinski definition) is 3. The number of nitrogens with zero attached hydrogens (tertiary/aromatic N) is 1. The van der Waals surface area contributed by atoms with Crippen LogP contribution in [0.1, 0.15) is 27.4 Å². The van der Waals surface area contributed by atoms with Gasteiger partial charge < -0.3 is 24.9 Å². The van der Waals surface area contributed by atoms with Gasteiger partial charge in [0.1, 0.15) is 23.2 Å². The molecule has 4 aromatic rings. The highest BCUT2D eigenvalue weighted by Gasteiger charge is 2.25. The number of nitrogens with one attached hydrogen (secondary N) is 2. The summed E-state index contributed by atoms with van der Waals surface area (Å²) in [5.41, 5.74) is 2.95. The van der Waals surface area contributed by atoms with E-state index >= 15 is 0 Å². The number of anilines is 1. The van der Waals surface area contributed by atoms with Gasteiger partial charge in [-0.05, 0) is 42.8 Å². The first-order valence-electron chi connectivity index (χ1n) is 11.3. The molecule has 1 atom stereocenters. The van der Waals surface area contributed by atoms with Gasteiger partial charge in [-0.25, -0.2) is 9.78 Å². The van der Waals surface area contributed by atoms with Gasteiger partial charge in [0.05, 0.1) is 6.61 Å². The van der Waals surface area contributed by atoms with Gasteiger partial charge in [-0.3, -0.25) is 4.79 Å². The number of para-hydroxylation sites is 1. The first-order valence-corrected chi connectivity index (χ1v) is 11.3. The highest BCUT2D eigenvalue weighted by molar-refractivity contribution is 6.00. The maximum absolute atomic E-state index is 12.8. The number of fused-ring (bicyclic) bond motifs is 1. The minimum absolute atomic E-state index is 0.121. The van der Waals surface area contributed by atoms with Crippen LogP contribution >= 0.6 is 0 Å². The van der Waals surface area contributed by atoms with E-state index < -0.39 is 17.9 Å². The Labute approximate surface area is 202 Å². The second kappa shape index (κ2) is 10.7. The standard InChI is InChI=1S/C27H27N3O5/c1-17-21-7-3-4-8-23(21)35-25(17)26(31)30-22(27(32)33)16-18-10-12-20(13-11-18)34-15-14-19-6-5-9-24(28-2)29-19/h3-13,22H,14-16H2,1-2H3,(H,28,29)(H,30,31)(H,32,33)/t22-/m0/s1. The molecule has 8 nitrogen and oxygen atoms in total. The molecule has 0 saturated heterocycles. The monoisotopic (exact) mass is 473 g/mol. The van der Waals surface area contributed by atoms with Gasteiger partial charge in [-0.1, -0.05) is 36.4 Å². The van der Waals surface area contributed by atoms with Gasteiger partial charge in [0.25, 0.3) is 5.91 Å². The second-order valence-corrected chi connectivity index (χ2v) is 8.13. The van der Waals surface area contributed by atoms with Crippen LogP contribution in [0, 0.1) is 6.92 Å². The number of aliphatic carboxylic acids is 1. The summed E-state index contributed by atoms with van der Waals surface area (Å²) in [5.74, 6) is -0.0727. The molecule has 4 rings (SSSR count). The number of carbonyl (C=O) groups excluding carboxylic acids is 1. The predicted octanol–water partition coefficient (Wildman–Crippen LogP) is 4.23. The number of pyridine rings is 1. The number of carbonyl (C=O) groups is 2. The van der Waals surface area contributed by atoms with Crippen LogP contribution in [0.4, 0.5) is 5.82 Å². The number of aromatic nitrogens is 1. The summed E-state index contributed by atoms with van der Waals surface area (Å²) in [6.07, 6.45) is 0.785. The number of ether oxygens (including phenoxy) is 1. The van der Waals surface area contributed by atoms with Gasteiger partial charge in [0, 0.05) is 36.5 Å². The number of carboxylic acids is 1. The zero-order valence-corrected chi connectivity index (χ0v) is 19.6. The normalized spacial score (nSPS) is 11.7. The van der Waals surface area contributed by atoms with Crippen molar-refractivity contribution in [1.82, 2.24) is 10.3 Å². The van der Waals surface area contributed by atoms with Gasteiger partial charge in [0.15, 0.2) is 5.76 Å². The van der Waals surface area contributed by atoms with Gasteiger partial charge in [-0.2, -0.15) is 0 Å². The molecular formula is C27H27N3O5. The zero-order chi connectivity index (χ0) is 24.8. The molecular weight excluding hydrogens is 446 g/mol. The maximum atomic E-state index is 12.8. The molecule has 35 heavy (non-hydrogen) atoms. The highest BCUT2D eigenvalue weighted by atomic mass is 16.5. The number of aryl methyl sites for hydroxylation is 1. The summed E-state index contributed by atoms with van der Waals surface area (Å²) in [4.78, 5) is 29.1. The van der Waals surface area contributed by atoms with E-state index in [1.54, 1.807) is 37.3 Å². The van der Waals surface area contributed by atoms with E-state index in [0.717, 1.165) is 22.5 Å². The van der Waals surface area contributed by atoms with Crippen LogP contribution in [0.15, 0.2) is 71.1 Å². The third-order valence-corrected chi connectivity index (χ3v) is 5.71. The van der Waals surface area contributed by atoms with Crippen LogP contribution < -0.4 is 15.4 Å². The Morgan fingerprint density at radius 2 is 1.83 bits per heavy atom. The summed E-state index contributed by atoms with van der Waals surface area (Å²) in [6, 6.07) is 19.2. The lowest BCUT2D eigenvalue weighted by molar-refractivity contribution is -0.139. The molecule has 2 aromatic carbocycles. The molecule has 2 heterocycles. The van der Waals surface area contributed by atoms with Crippen molar-refractivity contribution >= 4 is 28.7 Å². The van der Waals surface area contributed by atoms with E-state index in [2.05, 4.69) is 15.6 Å². The van der Waals surface area contributed by atoms with Gasteiger partial charge in [-0.15, -0.1) is 0 Å². The molecule has 0 spiro atoms. The Morgan fingerprint density at radius 1 is 1.06 bits per heavy atom. The van der Waals surface area contributed by atoms with E-state index in [1.165, 1.54) is 0 Å². The van der Waals surface area contributed by atoms with Crippen molar-refractivity contribution in [2.24, 2.45) is 0 Å². The van der Waals surface area contributed by atoms with E-state index in [4.69, 9.17) is 9.15 Å². The van der Waals surface area contributed by atoms with Crippen molar-refractivity contribution in [3.63, 3.8) is 0 Å². The number of hydrogen-bond acceptors (Lipinski definition) is 6. The van der Waals surface area contributed by atoms with Gasteiger partial charge >= 0.3 is 5.97 Å². The van der Waals surface area contributed by atoms with Crippen LogP contribution in [-0.4, -0.2) is 41.7 Å². The molecule has 0 radical (unpaired) electrons. The van der Waals surface area contributed by atoms with Crippen LogP contribution in [0.25, 0.3) is 11.0 Å². The summed E-state index contributed by atoms with van der Waals surface area (Å²) < 4.78 is 11.5. The number of rotatable bonds is 10. The fourth-order valence-corrected chi connectivity index (χ4v) is 3.80. The van der Waals surface area contributed by atoms with Crippen molar-refractivity contribution < 1.29 is 23.8 Å². The lowest BCUT2D eigenvalue weighted by Crippen LogP contribution is -2.42. The van der Waals surface area contributed by atoms with Crippen molar-refractivity contribution in [2.75, 3.05) is 19.0 Å². The molecule has 0 aliphatic heterocycles. The molecule has 0 aliphatic rings. The van der Waals surface area contributed by atoms with Crippen LogP contribution in [-0.2, 0) is 17.6 Å².